The molecule has 3 nitrogen and oxygen atoms in total. The molecule has 0 amide bonds. The van der Waals surface area contributed by atoms with Gasteiger partial charge in [0, 0.05) is 13.2 Å². The second-order valence-corrected chi connectivity index (χ2v) is 4.63. The van der Waals surface area contributed by atoms with Crippen LogP contribution in [0.3, 0.4) is 0 Å². The normalized spacial score (nSPS) is 12.4. The van der Waals surface area contributed by atoms with Gasteiger partial charge in [-0.15, -0.1) is 0 Å². The van der Waals surface area contributed by atoms with Crippen LogP contribution in [0, 0.1) is 6.92 Å². The molecule has 102 valence electrons. The molecule has 0 aliphatic heterocycles. The third kappa shape index (κ3) is 4.67. The van der Waals surface area contributed by atoms with Gasteiger partial charge < -0.3 is 14.8 Å². The lowest BCUT2D eigenvalue weighted by atomic mass is 10.0. The molecule has 18 heavy (non-hydrogen) atoms. The number of hydrogen-bond acceptors (Lipinski definition) is 3. The van der Waals surface area contributed by atoms with E-state index in [2.05, 4.69) is 31.3 Å². The number of aryl methyl sites for hydroxylation is 1. The first kappa shape index (κ1) is 15.0. The zero-order chi connectivity index (χ0) is 13.4. The molecule has 0 radical (unpaired) electrons. The van der Waals surface area contributed by atoms with Crippen molar-refractivity contribution < 1.29 is 9.47 Å². The van der Waals surface area contributed by atoms with E-state index < -0.39 is 0 Å². The fourth-order valence-corrected chi connectivity index (χ4v) is 2.07. The van der Waals surface area contributed by atoms with Crippen LogP contribution in [-0.2, 0) is 11.2 Å². The Labute approximate surface area is 110 Å². The van der Waals surface area contributed by atoms with E-state index in [9.17, 15) is 0 Å². The SMILES string of the molecule is CCCNC(COC)Cc1cc(C)ccc1OC. The minimum Gasteiger partial charge on any atom is -0.496 e. The second-order valence-electron chi connectivity index (χ2n) is 4.63. The van der Waals surface area contributed by atoms with Gasteiger partial charge in [0.05, 0.1) is 13.7 Å². The molecular formula is C15H25NO2. The van der Waals surface area contributed by atoms with Gasteiger partial charge in [0.25, 0.3) is 0 Å². The topological polar surface area (TPSA) is 30.5 Å². The molecular weight excluding hydrogens is 226 g/mol. The molecule has 1 atom stereocenters. The maximum absolute atomic E-state index is 5.42. The molecule has 0 saturated carbocycles. The predicted molar refractivity (Wildman–Crippen MR) is 75.4 cm³/mol. The van der Waals surface area contributed by atoms with E-state index in [-0.39, 0.29) is 0 Å². The Hall–Kier alpha value is -1.06. The molecule has 0 aliphatic carbocycles. The Bertz CT molecular complexity index is 352. The number of rotatable bonds is 8. The average molecular weight is 251 g/mol. The van der Waals surface area contributed by atoms with Gasteiger partial charge in [-0.3, -0.25) is 0 Å². The van der Waals surface area contributed by atoms with Crippen LogP contribution in [0.1, 0.15) is 24.5 Å². The average Bonchev–Trinajstić information content (AvgIpc) is 2.36. The summed E-state index contributed by atoms with van der Waals surface area (Å²) in [6.45, 7) is 6.01. The molecule has 0 bridgehead atoms. The second kappa shape index (κ2) is 8.11. The molecule has 1 unspecified atom stereocenters. The number of ether oxygens (including phenoxy) is 2. The molecule has 0 aliphatic rings. The largest absolute Gasteiger partial charge is 0.496 e. The Morgan fingerprint density at radius 2 is 2.06 bits per heavy atom. The Balaban J connectivity index is 2.74. The summed E-state index contributed by atoms with van der Waals surface area (Å²) in [6.07, 6.45) is 2.06. The minimum atomic E-state index is 0.339. The monoisotopic (exact) mass is 251 g/mol. The van der Waals surface area contributed by atoms with Crippen molar-refractivity contribution in [2.24, 2.45) is 0 Å². The minimum absolute atomic E-state index is 0.339. The van der Waals surface area contributed by atoms with Gasteiger partial charge in [0.1, 0.15) is 5.75 Å². The smallest absolute Gasteiger partial charge is 0.122 e. The van der Waals surface area contributed by atoms with Crippen LogP contribution in [0.2, 0.25) is 0 Å². The number of nitrogens with one attached hydrogen (secondary N) is 1. The summed E-state index contributed by atoms with van der Waals surface area (Å²) in [6, 6.07) is 6.64. The summed E-state index contributed by atoms with van der Waals surface area (Å²) >= 11 is 0. The van der Waals surface area contributed by atoms with Crippen molar-refractivity contribution in [2.75, 3.05) is 27.4 Å². The van der Waals surface area contributed by atoms with Crippen LogP contribution in [0.5, 0.6) is 5.75 Å². The summed E-state index contributed by atoms with van der Waals surface area (Å²) in [5.41, 5.74) is 2.50. The lowest BCUT2D eigenvalue weighted by Gasteiger charge is -2.19. The van der Waals surface area contributed by atoms with Crippen molar-refractivity contribution in [3.05, 3.63) is 29.3 Å². The standard InChI is InChI=1S/C15H25NO2/c1-5-8-16-14(11-17-3)10-13-9-12(2)6-7-15(13)18-4/h6-7,9,14,16H,5,8,10-11H2,1-4H3. The molecule has 0 fully saturated rings. The molecule has 0 saturated heterocycles. The fraction of sp³-hybridized carbons (Fsp3) is 0.600. The zero-order valence-corrected chi connectivity index (χ0v) is 12.0. The molecule has 3 heteroatoms. The first-order valence-electron chi connectivity index (χ1n) is 6.57. The zero-order valence-electron chi connectivity index (χ0n) is 12.0. The summed E-state index contributed by atoms with van der Waals surface area (Å²) in [5, 5.41) is 3.51. The van der Waals surface area contributed by atoms with E-state index in [1.807, 2.05) is 6.07 Å². The Morgan fingerprint density at radius 1 is 1.28 bits per heavy atom. The van der Waals surface area contributed by atoms with E-state index >= 15 is 0 Å². The van der Waals surface area contributed by atoms with Gasteiger partial charge in [-0.1, -0.05) is 24.6 Å². The van der Waals surface area contributed by atoms with E-state index in [1.165, 1.54) is 11.1 Å². The maximum Gasteiger partial charge on any atom is 0.122 e. The fourth-order valence-electron chi connectivity index (χ4n) is 2.07. The molecule has 1 aromatic rings. The quantitative estimate of drug-likeness (QED) is 0.770. The van der Waals surface area contributed by atoms with Gasteiger partial charge in [-0.2, -0.15) is 0 Å². The predicted octanol–water partition coefficient (Wildman–Crippen LogP) is 2.56. The Kier molecular flexibility index (Phi) is 6.76. The van der Waals surface area contributed by atoms with Crippen molar-refractivity contribution in [1.82, 2.24) is 5.32 Å². The summed E-state index contributed by atoms with van der Waals surface area (Å²) < 4.78 is 10.7. The lowest BCUT2D eigenvalue weighted by molar-refractivity contribution is 0.166. The highest BCUT2D eigenvalue weighted by Gasteiger charge is 2.12. The van der Waals surface area contributed by atoms with Crippen molar-refractivity contribution in [2.45, 2.75) is 32.7 Å². The molecule has 0 spiro atoms. The van der Waals surface area contributed by atoms with Crippen molar-refractivity contribution in [1.29, 1.82) is 0 Å². The highest BCUT2D eigenvalue weighted by Crippen LogP contribution is 2.21. The molecule has 0 heterocycles. The van der Waals surface area contributed by atoms with Gasteiger partial charge in [0.2, 0.25) is 0 Å². The van der Waals surface area contributed by atoms with Crippen LogP contribution in [0.25, 0.3) is 0 Å². The maximum atomic E-state index is 5.42. The van der Waals surface area contributed by atoms with Crippen molar-refractivity contribution >= 4 is 0 Å². The highest BCUT2D eigenvalue weighted by atomic mass is 16.5. The first-order chi connectivity index (χ1) is 8.71. The molecule has 0 aromatic heterocycles. The van der Waals surface area contributed by atoms with E-state index in [0.717, 1.165) is 31.7 Å². The van der Waals surface area contributed by atoms with E-state index in [0.29, 0.717) is 6.04 Å². The number of benzene rings is 1. The van der Waals surface area contributed by atoms with Crippen molar-refractivity contribution in [3.8, 4) is 5.75 Å². The van der Waals surface area contributed by atoms with E-state index in [1.54, 1.807) is 14.2 Å². The lowest BCUT2D eigenvalue weighted by Crippen LogP contribution is -2.35. The number of hydrogen-bond donors (Lipinski definition) is 1. The first-order valence-corrected chi connectivity index (χ1v) is 6.57. The van der Waals surface area contributed by atoms with Gasteiger partial charge >= 0.3 is 0 Å². The van der Waals surface area contributed by atoms with Gasteiger partial charge in [-0.05, 0) is 37.9 Å². The molecule has 1 aromatic carbocycles. The summed E-state index contributed by atoms with van der Waals surface area (Å²) in [7, 11) is 3.47. The summed E-state index contributed by atoms with van der Waals surface area (Å²) in [4.78, 5) is 0. The molecule has 1 N–H and O–H groups in total. The third-order valence-corrected chi connectivity index (χ3v) is 2.95. The number of methoxy groups -OCH3 is 2. The van der Waals surface area contributed by atoms with Gasteiger partial charge in [0.15, 0.2) is 0 Å². The third-order valence-electron chi connectivity index (χ3n) is 2.95. The molecule has 1 rings (SSSR count). The van der Waals surface area contributed by atoms with Crippen LogP contribution in [-0.4, -0.2) is 33.4 Å². The van der Waals surface area contributed by atoms with E-state index in [4.69, 9.17) is 9.47 Å². The van der Waals surface area contributed by atoms with Crippen LogP contribution < -0.4 is 10.1 Å². The van der Waals surface area contributed by atoms with Gasteiger partial charge in [-0.25, -0.2) is 0 Å². The summed E-state index contributed by atoms with van der Waals surface area (Å²) in [5.74, 6) is 0.958. The highest BCUT2D eigenvalue weighted by molar-refractivity contribution is 5.37. The Morgan fingerprint density at radius 3 is 2.67 bits per heavy atom. The van der Waals surface area contributed by atoms with Crippen LogP contribution in [0.15, 0.2) is 18.2 Å². The van der Waals surface area contributed by atoms with Crippen LogP contribution in [0.4, 0.5) is 0 Å². The van der Waals surface area contributed by atoms with Crippen molar-refractivity contribution in [3.63, 3.8) is 0 Å². The van der Waals surface area contributed by atoms with Crippen LogP contribution >= 0.6 is 0 Å².